The molecule has 1 saturated heterocycles. The van der Waals surface area contributed by atoms with Gasteiger partial charge in [0.1, 0.15) is 16.6 Å². The molecule has 1 atom stereocenters. The van der Waals surface area contributed by atoms with Gasteiger partial charge in [-0.1, -0.05) is 0 Å². The van der Waals surface area contributed by atoms with Crippen molar-refractivity contribution in [2.75, 3.05) is 29.9 Å². The molecule has 1 aromatic carbocycles. The van der Waals surface area contributed by atoms with Gasteiger partial charge < -0.3 is 24.3 Å². The monoisotopic (exact) mass is 519 g/mol. The summed E-state index contributed by atoms with van der Waals surface area (Å²) in [6.07, 6.45) is 6.09. The number of aryl methyl sites for hydroxylation is 1. The maximum atomic E-state index is 14.5. The molecule has 38 heavy (non-hydrogen) atoms. The van der Waals surface area contributed by atoms with Gasteiger partial charge in [-0.3, -0.25) is 14.8 Å². The van der Waals surface area contributed by atoms with E-state index in [4.69, 9.17) is 4.74 Å². The fraction of sp³-hybridized carbons (Fsp3) is 0.370. The van der Waals surface area contributed by atoms with E-state index in [2.05, 4.69) is 25.2 Å². The molecule has 2 amide bonds. The largest absolute Gasteiger partial charge is 0.444 e. The average molecular weight is 520 g/mol. The van der Waals surface area contributed by atoms with Crippen LogP contribution in [0, 0.1) is 12.7 Å². The number of hydrogen-bond acceptors (Lipinski definition) is 7. The second-order valence-corrected chi connectivity index (χ2v) is 10.5. The number of aromatic nitrogens is 4. The number of nitrogens with one attached hydrogen (secondary N) is 1. The van der Waals surface area contributed by atoms with Crippen LogP contribution in [-0.4, -0.2) is 67.5 Å². The molecule has 1 aliphatic heterocycles. The Morgan fingerprint density at radius 1 is 1.11 bits per heavy atom. The summed E-state index contributed by atoms with van der Waals surface area (Å²) >= 11 is 0. The minimum absolute atomic E-state index is 0.0927. The van der Waals surface area contributed by atoms with Crippen LogP contribution in [0.4, 0.5) is 20.6 Å². The van der Waals surface area contributed by atoms with Crippen LogP contribution in [0.1, 0.15) is 43.7 Å². The first-order valence-corrected chi connectivity index (χ1v) is 12.4. The lowest BCUT2D eigenvalue weighted by Crippen LogP contribution is -2.55. The van der Waals surface area contributed by atoms with Crippen molar-refractivity contribution >= 4 is 40.1 Å². The summed E-state index contributed by atoms with van der Waals surface area (Å²) in [5, 5.41) is 2.77. The molecule has 5 rings (SSSR count). The maximum Gasteiger partial charge on any atom is 0.410 e. The summed E-state index contributed by atoms with van der Waals surface area (Å²) in [7, 11) is 0. The molecule has 10 nitrogen and oxygen atoms in total. The first-order chi connectivity index (χ1) is 18.0. The number of imidazole rings is 1. The summed E-state index contributed by atoms with van der Waals surface area (Å²) in [6.45, 7) is 10.9. The molecule has 3 aromatic heterocycles. The molecule has 1 aliphatic rings. The van der Waals surface area contributed by atoms with Crippen molar-refractivity contribution < 1.29 is 18.7 Å². The summed E-state index contributed by atoms with van der Waals surface area (Å²) in [6, 6.07) is 4.69. The Hall–Kier alpha value is -4.28. The Balaban J connectivity index is 1.39. The van der Waals surface area contributed by atoms with Crippen molar-refractivity contribution in [3.8, 4) is 0 Å². The number of hydrogen-bond donors (Lipinski definition) is 1. The van der Waals surface area contributed by atoms with Crippen molar-refractivity contribution in [2.24, 2.45) is 0 Å². The van der Waals surface area contributed by atoms with E-state index in [-0.39, 0.29) is 17.8 Å². The zero-order chi connectivity index (χ0) is 27.2. The van der Waals surface area contributed by atoms with Crippen molar-refractivity contribution in [1.82, 2.24) is 24.3 Å². The minimum Gasteiger partial charge on any atom is -0.444 e. The first kappa shape index (κ1) is 25.4. The van der Waals surface area contributed by atoms with Gasteiger partial charge in [0, 0.05) is 56.5 Å². The number of carbonyl (C=O) groups excluding carboxylic acids is 2. The van der Waals surface area contributed by atoms with Crippen LogP contribution in [0.3, 0.4) is 0 Å². The molecular formula is C27H30FN7O3. The lowest BCUT2D eigenvalue weighted by molar-refractivity contribution is 0.0159. The van der Waals surface area contributed by atoms with Crippen LogP contribution in [-0.2, 0) is 4.74 Å². The third-order valence-corrected chi connectivity index (χ3v) is 6.33. The van der Waals surface area contributed by atoms with Gasteiger partial charge in [-0.2, -0.15) is 0 Å². The van der Waals surface area contributed by atoms with Gasteiger partial charge in [-0.25, -0.2) is 14.2 Å². The van der Waals surface area contributed by atoms with Crippen LogP contribution >= 0.6 is 0 Å². The highest BCUT2D eigenvalue weighted by Crippen LogP contribution is 2.29. The van der Waals surface area contributed by atoms with E-state index in [1.807, 2.05) is 33.8 Å². The second-order valence-electron chi connectivity index (χ2n) is 10.5. The minimum atomic E-state index is -0.564. The molecule has 0 unspecified atom stereocenters. The Labute approximate surface area is 219 Å². The Kier molecular flexibility index (Phi) is 6.38. The summed E-state index contributed by atoms with van der Waals surface area (Å²) in [4.78, 5) is 42.9. The van der Waals surface area contributed by atoms with E-state index in [1.165, 1.54) is 12.3 Å². The SMILES string of the molecule is Cc1cn2cc(NC(=O)c3ccc(N4CCN(C(=O)OC(C)(C)C)[C@H](C)C4)c4nccnc34)cc(F)c2n1. The Morgan fingerprint density at radius 2 is 1.84 bits per heavy atom. The number of amides is 2. The number of anilines is 2. The highest BCUT2D eigenvalue weighted by atomic mass is 19.1. The van der Waals surface area contributed by atoms with Gasteiger partial charge in [-0.15, -0.1) is 0 Å². The lowest BCUT2D eigenvalue weighted by atomic mass is 10.1. The number of piperazine rings is 1. The number of nitrogens with zero attached hydrogens (tertiary/aromatic N) is 6. The third kappa shape index (κ3) is 4.96. The predicted molar refractivity (Wildman–Crippen MR) is 142 cm³/mol. The first-order valence-electron chi connectivity index (χ1n) is 12.4. The van der Waals surface area contributed by atoms with Gasteiger partial charge in [0.15, 0.2) is 11.5 Å². The molecule has 0 aliphatic carbocycles. The molecule has 0 spiro atoms. The average Bonchev–Trinajstić information content (AvgIpc) is 3.22. The van der Waals surface area contributed by atoms with Gasteiger partial charge in [0.2, 0.25) is 0 Å². The van der Waals surface area contributed by atoms with E-state index in [1.54, 1.807) is 40.9 Å². The molecule has 0 bridgehead atoms. The van der Waals surface area contributed by atoms with Crippen molar-refractivity contribution in [1.29, 1.82) is 0 Å². The summed E-state index contributed by atoms with van der Waals surface area (Å²) < 4.78 is 21.6. The molecule has 198 valence electrons. The predicted octanol–water partition coefficient (Wildman–Crippen LogP) is 4.42. The van der Waals surface area contributed by atoms with Crippen molar-refractivity contribution in [3.63, 3.8) is 0 Å². The van der Waals surface area contributed by atoms with Gasteiger partial charge >= 0.3 is 6.09 Å². The smallest absolute Gasteiger partial charge is 0.410 e. The van der Waals surface area contributed by atoms with Gasteiger partial charge in [0.05, 0.1) is 22.6 Å². The molecule has 4 aromatic rings. The standard InChI is InChI=1S/C27H30FN7O3/c1-16-13-34-15-18(12-20(28)24(34)31-16)32-25(36)19-6-7-21(23-22(19)29-8-9-30-23)33-10-11-35(17(2)14-33)26(37)38-27(3,4)5/h6-9,12-13,15,17H,10-11,14H2,1-5H3,(H,32,36)/t17-/m1/s1. The number of benzene rings is 1. The normalized spacial score (nSPS) is 16.2. The van der Waals surface area contributed by atoms with E-state index >= 15 is 0 Å². The van der Waals surface area contributed by atoms with Gasteiger partial charge in [-0.05, 0) is 46.8 Å². The Morgan fingerprint density at radius 3 is 2.55 bits per heavy atom. The topological polar surface area (TPSA) is 105 Å². The molecular weight excluding hydrogens is 489 g/mol. The Bertz CT molecular complexity index is 1550. The summed E-state index contributed by atoms with van der Waals surface area (Å²) in [5.74, 6) is -0.962. The van der Waals surface area contributed by atoms with Crippen LogP contribution in [0.25, 0.3) is 16.7 Å². The van der Waals surface area contributed by atoms with E-state index < -0.39 is 17.3 Å². The number of fused-ring (bicyclic) bond motifs is 2. The van der Waals surface area contributed by atoms with E-state index in [0.29, 0.717) is 47.6 Å². The highest BCUT2D eigenvalue weighted by molar-refractivity contribution is 6.13. The number of rotatable bonds is 3. The quantitative estimate of drug-likeness (QED) is 0.427. The number of carbonyl (C=O) groups is 2. The number of halogens is 1. The van der Waals surface area contributed by atoms with Crippen molar-refractivity contribution in [3.05, 3.63) is 60.1 Å². The molecule has 1 N–H and O–H groups in total. The number of pyridine rings is 1. The molecule has 0 radical (unpaired) electrons. The van der Waals surface area contributed by atoms with Crippen LogP contribution in [0.5, 0.6) is 0 Å². The fourth-order valence-electron chi connectivity index (χ4n) is 4.70. The fourth-order valence-corrected chi connectivity index (χ4v) is 4.70. The molecule has 4 heterocycles. The maximum absolute atomic E-state index is 14.5. The summed E-state index contributed by atoms with van der Waals surface area (Å²) in [5.41, 5.74) is 2.75. The molecule has 0 saturated carbocycles. The van der Waals surface area contributed by atoms with Gasteiger partial charge in [0.25, 0.3) is 5.91 Å². The third-order valence-electron chi connectivity index (χ3n) is 6.33. The second kappa shape index (κ2) is 9.55. The van der Waals surface area contributed by atoms with E-state index in [0.717, 1.165) is 5.69 Å². The van der Waals surface area contributed by atoms with Crippen LogP contribution in [0.2, 0.25) is 0 Å². The zero-order valence-electron chi connectivity index (χ0n) is 22.0. The lowest BCUT2D eigenvalue weighted by Gasteiger charge is -2.41. The number of ether oxygens (including phenoxy) is 1. The highest BCUT2D eigenvalue weighted by Gasteiger charge is 2.32. The van der Waals surface area contributed by atoms with Crippen molar-refractivity contribution in [2.45, 2.75) is 46.3 Å². The van der Waals surface area contributed by atoms with E-state index in [9.17, 15) is 14.0 Å². The van der Waals surface area contributed by atoms with Crippen LogP contribution < -0.4 is 10.2 Å². The van der Waals surface area contributed by atoms with Crippen LogP contribution in [0.15, 0.2) is 43.0 Å². The molecule has 11 heteroatoms. The molecule has 1 fully saturated rings. The zero-order valence-corrected chi connectivity index (χ0v) is 22.0.